The molecule has 1 aromatic carbocycles. The topological polar surface area (TPSA) is 96.2 Å². The monoisotopic (exact) mass is 203 g/mol. The van der Waals surface area contributed by atoms with Gasteiger partial charge in [-0.05, 0) is 18.2 Å². The summed E-state index contributed by atoms with van der Waals surface area (Å²) in [6.45, 7) is 0. The molecule has 76 valence electrons. The normalized spacial score (nSPS) is 10.9. The Morgan fingerprint density at radius 1 is 1.60 bits per heavy atom. The Balaban J connectivity index is 2.31. The molecule has 0 atom stereocenters. The number of amides is 1. The fraction of sp³-hybridized carbons (Fsp3) is 0. The van der Waals surface area contributed by atoms with Crippen LogP contribution in [0.5, 0.6) is 0 Å². The van der Waals surface area contributed by atoms with Crippen LogP contribution in [0.25, 0.3) is 11.0 Å². The number of rotatable bonds is 2. The van der Waals surface area contributed by atoms with Gasteiger partial charge in [0.2, 0.25) is 0 Å². The maximum absolute atomic E-state index is 11.5. The molecule has 0 radical (unpaired) electrons. The Hall–Kier alpha value is -2.37. The predicted molar refractivity (Wildman–Crippen MR) is 56.2 cm³/mol. The van der Waals surface area contributed by atoms with E-state index in [4.69, 9.17) is 5.73 Å². The smallest absolute Gasteiger partial charge is 0.271 e. The lowest BCUT2D eigenvalue weighted by Gasteiger charge is -1.98. The van der Waals surface area contributed by atoms with Gasteiger partial charge in [0, 0.05) is 5.56 Å². The van der Waals surface area contributed by atoms with Gasteiger partial charge in [-0.15, -0.1) is 0 Å². The van der Waals surface area contributed by atoms with Crippen LogP contribution in [0.3, 0.4) is 0 Å². The predicted octanol–water partition coefficient (Wildman–Crippen LogP) is 0.195. The van der Waals surface area contributed by atoms with E-state index in [1.165, 1.54) is 0 Å². The van der Waals surface area contributed by atoms with Crippen molar-refractivity contribution in [1.82, 2.24) is 15.4 Å². The van der Waals surface area contributed by atoms with Crippen molar-refractivity contribution >= 4 is 23.3 Å². The lowest BCUT2D eigenvalue weighted by atomic mass is 10.2. The number of benzene rings is 1. The molecule has 0 aliphatic rings. The average Bonchev–Trinajstić information content (AvgIpc) is 2.72. The van der Waals surface area contributed by atoms with Gasteiger partial charge in [0.1, 0.15) is 6.34 Å². The molecule has 15 heavy (non-hydrogen) atoms. The van der Waals surface area contributed by atoms with Gasteiger partial charge >= 0.3 is 0 Å². The number of carbonyl (C=O) groups excluding carboxylic acids is 1. The van der Waals surface area contributed by atoms with Crippen molar-refractivity contribution in [3.63, 3.8) is 0 Å². The van der Waals surface area contributed by atoms with Crippen LogP contribution in [0.1, 0.15) is 10.4 Å². The summed E-state index contributed by atoms with van der Waals surface area (Å²) in [6, 6.07) is 5.13. The number of aromatic amines is 1. The third-order valence-corrected chi connectivity index (χ3v) is 1.92. The van der Waals surface area contributed by atoms with Crippen LogP contribution in [0, 0.1) is 0 Å². The van der Waals surface area contributed by atoms with E-state index in [1.54, 1.807) is 24.5 Å². The van der Waals surface area contributed by atoms with Gasteiger partial charge in [-0.3, -0.25) is 4.79 Å². The zero-order chi connectivity index (χ0) is 10.7. The van der Waals surface area contributed by atoms with Gasteiger partial charge in [-0.1, -0.05) is 0 Å². The molecule has 2 aromatic rings. The molecule has 2 rings (SSSR count). The number of hydrazone groups is 1. The van der Waals surface area contributed by atoms with Crippen LogP contribution in [0.4, 0.5) is 0 Å². The van der Waals surface area contributed by atoms with E-state index in [0.29, 0.717) is 5.56 Å². The van der Waals surface area contributed by atoms with E-state index < -0.39 is 0 Å². The first kappa shape index (κ1) is 9.20. The van der Waals surface area contributed by atoms with Gasteiger partial charge in [0.15, 0.2) is 0 Å². The van der Waals surface area contributed by atoms with Gasteiger partial charge in [0.05, 0.1) is 17.4 Å². The van der Waals surface area contributed by atoms with Crippen molar-refractivity contribution in [3.05, 3.63) is 30.1 Å². The van der Waals surface area contributed by atoms with Crippen LogP contribution in [-0.4, -0.2) is 22.2 Å². The fourth-order valence-corrected chi connectivity index (χ4v) is 1.24. The number of aromatic nitrogens is 2. The summed E-state index contributed by atoms with van der Waals surface area (Å²) in [5.74, 6) is -0.312. The third-order valence-electron chi connectivity index (χ3n) is 1.92. The van der Waals surface area contributed by atoms with Crippen molar-refractivity contribution < 1.29 is 4.79 Å². The molecule has 4 N–H and O–H groups in total. The molecule has 0 spiro atoms. The molecule has 0 bridgehead atoms. The lowest BCUT2D eigenvalue weighted by molar-refractivity contribution is 0.0955. The Morgan fingerprint density at radius 3 is 3.27 bits per heavy atom. The molecule has 0 saturated heterocycles. The molecule has 1 aromatic heterocycles. The number of hydrogen-bond acceptors (Lipinski definition) is 3. The number of nitrogens with zero attached hydrogens (tertiary/aromatic N) is 2. The highest BCUT2D eigenvalue weighted by atomic mass is 16.2. The number of H-pyrrole nitrogens is 1. The summed E-state index contributed by atoms with van der Waals surface area (Å²) >= 11 is 0. The Kier molecular flexibility index (Phi) is 2.32. The number of nitrogens with two attached hydrogens (primary N) is 1. The molecule has 0 aliphatic heterocycles. The summed E-state index contributed by atoms with van der Waals surface area (Å²) in [5.41, 5.74) is 9.40. The second-order valence-electron chi connectivity index (χ2n) is 2.85. The first-order valence-electron chi connectivity index (χ1n) is 4.28. The quantitative estimate of drug-likeness (QED) is 0.369. The van der Waals surface area contributed by atoms with Gasteiger partial charge < -0.3 is 10.7 Å². The SMILES string of the molecule is N/C=N/NC(=O)c1ccc2nc[nH]c2c1. The maximum atomic E-state index is 11.5. The second kappa shape index (κ2) is 3.79. The summed E-state index contributed by atoms with van der Waals surface area (Å²) in [7, 11) is 0. The molecule has 6 heteroatoms. The average molecular weight is 203 g/mol. The number of nitrogens with one attached hydrogen (secondary N) is 2. The largest absolute Gasteiger partial charge is 0.388 e. The highest BCUT2D eigenvalue weighted by molar-refractivity contribution is 5.97. The molecule has 0 aliphatic carbocycles. The standard InChI is InChI=1S/C9H9N5O/c10-4-13-14-9(15)6-1-2-7-8(3-6)12-5-11-7/h1-5H,(H2,10,13)(H,11,12)(H,14,15). The lowest BCUT2D eigenvalue weighted by Crippen LogP contribution is -2.18. The highest BCUT2D eigenvalue weighted by Gasteiger charge is 2.05. The first-order valence-corrected chi connectivity index (χ1v) is 4.28. The molecule has 6 nitrogen and oxygen atoms in total. The van der Waals surface area contributed by atoms with Crippen molar-refractivity contribution in [2.45, 2.75) is 0 Å². The number of hydrogen-bond donors (Lipinski definition) is 3. The first-order chi connectivity index (χ1) is 7.31. The second-order valence-corrected chi connectivity index (χ2v) is 2.85. The Labute approximate surface area is 85.2 Å². The Morgan fingerprint density at radius 2 is 2.47 bits per heavy atom. The molecule has 1 amide bonds. The zero-order valence-electron chi connectivity index (χ0n) is 7.77. The molecule has 0 fully saturated rings. The van der Waals surface area contributed by atoms with E-state index in [0.717, 1.165) is 17.4 Å². The minimum Gasteiger partial charge on any atom is -0.388 e. The number of fused-ring (bicyclic) bond motifs is 1. The number of carbonyl (C=O) groups is 1. The maximum Gasteiger partial charge on any atom is 0.271 e. The van der Waals surface area contributed by atoms with Crippen LogP contribution >= 0.6 is 0 Å². The van der Waals surface area contributed by atoms with E-state index in [1.807, 2.05) is 0 Å². The summed E-state index contributed by atoms with van der Waals surface area (Å²) in [6.07, 6.45) is 2.59. The highest BCUT2D eigenvalue weighted by Crippen LogP contribution is 2.11. The Bertz CT molecular complexity index is 516. The molecule has 0 saturated carbocycles. The van der Waals surface area contributed by atoms with Gasteiger partial charge in [-0.25, -0.2) is 10.4 Å². The zero-order valence-corrected chi connectivity index (χ0v) is 7.77. The van der Waals surface area contributed by atoms with Gasteiger partial charge in [-0.2, -0.15) is 5.10 Å². The molecular formula is C9H9N5O. The van der Waals surface area contributed by atoms with E-state index in [2.05, 4.69) is 20.5 Å². The summed E-state index contributed by atoms with van der Waals surface area (Å²) < 4.78 is 0. The van der Waals surface area contributed by atoms with Crippen LogP contribution in [-0.2, 0) is 0 Å². The van der Waals surface area contributed by atoms with Crippen molar-refractivity contribution in [1.29, 1.82) is 0 Å². The van der Waals surface area contributed by atoms with Crippen molar-refractivity contribution in [2.24, 2.45) is 10.8 Å². The van der Waals surface area contributed by atoms with Gasteiger partial charge in [0.25, 0.3) is 5.91 Å². The van der Waals surface area contributed by atoms with E-state index >= 15 is 0 Å². The summed E-state index contributed by atoms with van der Waals surface area (Å²) in [4.78, 5) is 18.4. The molecule has 0 unspecified atom stereocenters. The minimum absolute atomic E-state index is 0.312. The van der Waals surface area contributed by atoms with E-state index in [-0.39, 0.29) is 5.91 Å². The van der Waals surface area contributed by atoms with Crippen molar-refractivity contribution in [3.8, 4) is 0 Å². The minimum atomic E-state index is -0.312. The van der Waals surface area contributed by atoms with Crippen LogP contribution < -0.4 is 11.2 Å². The van der Waals surface area contributed by atoms with Crippen molar-refractivity contribution in [2.75, 3.05) is 0 Å². The molecule has 1 heterocycles. The fourth-order valence-electron chi connectivity index (χ4n) is 1.24. The molecular weight excluding hydrogens is 194 g/mol. The third kappa shape index (κ3) is 1.78. The number of imidazole rings is 1. The van der Waals surface area contributed by atoms with Crippen LogP contribution in [0.2, 0.25) is 0 Å². The van der Waals surface area contributed by atoms with Crippen LogP contribution in [0.15, 0.2) is 29.6 Å². The summed E-state index contributed by atoms with van der Waals surface area (Å²) in [5, 5.41) is 3.44. The van der Waals surface area contributed by atoms with E-state index in [9.17, 15) is 4.79 Å².